The van der Waals surface area contributed by atoms with Crippen molar-refractivity contribution in [1.82, 2.24) is 25.1 Å². The highest BCUT2D eigenvalue weighted by molar-refractivity contribution is 5.17. The monoisotopic (exact) mass is 289 g/mol. The molecule has 2 aromatic rings. The zero-order valence-corrected chi connectivity index (χ0v) is 12.9. The van der Waals surface area contributed by atoms with Gasteiger partial charge in [-0.05, 0) is 18.9 Å². The molecule has 0 radical (unpaired) electrons. The molecular weight excluding hydrogens is 266 g/mol. The number of aryl methyl sites for hydroxylation is 1. The summed E-state index contributed by atoms with van der Waals surface area (Å²) < 4.78 is 7.42. The minimum atomic E-state index is 0.346. The highest BCUT2D eigenvalue weighted by Crippen LogP contribution is 2.16. The van der Waals surface area contributed by atoms with Crippen molar-refractivity contribution < 1.29 is 4.74 Å². The minimum Gasteiger partial charge on any atom is -0.421 e. The van der Waals surface area contributed by atoms with E-state index in [2.05, 4.69) is 41.2 Å². The fraction of sp³-hybridized carbons (Fsp3) is 0.533. The SMILES string of the molecule is CCCn1cc(Oc2ncc(CNCC(C)C)cn2)cn1. The number of ether oxygens (including phenoxy) is 1. The molecule has 114 valence electrons. The lowest BCUT2D eigenvalue weighted by molar-refractivity contribution is 0.439. The average Bonchev–Trinajstić information content (AvgIpc) is 2.88. The quantitative estimate of drug-likeness (QED) is 0.809. The first-order valence-corrected chi connectivity index (χ1v) is 7.39. The van der Waals surface area contributed by atoms with E-state index in [1.165, 1.54) is 0 Å². The highest BCUT2D eigenvalue weighted by atomic mass is 16.5. The summed E-state index contributed by atoms with van der Waals surface area (Å²) in [6, 6.07) is 0.346. The normalized spacial score (nSPS) is 11.0. The van der Waals surface area contributed by atoms with Gasteiger partial charge in [-0.25, -0.2) is 9.97 Å². The second-order valence-corrected chi connectivity index (χ2v) is 5.44. The van der Waals surface area contributed by atoms with Gasteiger partial charge in [0.1, 0.15) is 0 Å². The van der Waals surface area contributed by atoms with E-state index in [9.17, 15) is 0 Å². The van der Waals surface area contributed by atoms with Gasteiger partial charge in [0.2, 0.25) is 0 Å². The number of nitrogens with zero attached hydrogens (tertiary/aromatic N) is 4. The van der Waals surface area contributed by atoms with E-state index in [1.54, 1.807) is 18.6 Å². The topological polar surface area (TPSA) is 64.9 Å². The van der Waals surface area contributed by atoms with Crippen LogP contribution in [0.25, 0.3) is 0 Å². The molecule has 0 atom stereocenters. The molecule has 0 amide bonds. The molecule has 0 spiro atoms. The molecule has 0 aliphatic carbocycles. The molecule has 0 aliphatic rings. The van der Waals surface area contributed by atoms with Crippen molar-refractivity contribution in [2.75, 3.05) is 6.54 Å². The van der Waals surface area contributed by atoms with Gasteiger partial charge in [0, 0.05) is 31.0 Å². The Labute approximate surface area is 125 Å². The lowest BCUT2D eigenvalue weighted by atomic mass is 10.2. The van der Waals surface area contributed by atoms with Gasteiger partial charge in [0.25, 0.3) is 0 Å². The van der Waals surface area contributed by atoms with E-state index in [1.807, 2.05) is 10.9 Å². The van der Waals surface area contributed by atoms with Gasteiger partial charge in [-0.3, -0.25) is 4.68 Å². The first-order valence-electron chi connectivity index (χ1n) is 7.39. The van der Waals surface area contributed by atoms with Gasteiger partial charge < -0.3 is 10.1 Å². The summed E-state index contributed by atoms with van der Waals surface area (Å²) >= 11 is 0. The van der Waals surface area contributed by atoms with Crippen molar-refractivity contribution >= 4 is 0 Å². The van der Waals surface area contributed by atoms with E-state index >= 15 is 0 Å². The number of aromatic nitrogens is 4. The Morgan fingerprint density at radius 3 is 2.67 bits per heavy atom. The maximum Gasteiger partial charge on any atom is 0.321 e. The Kier molecular flexibility index (Phi) is 5.68. The third-order valence-corrected chi connectivity index (χ3v) is 2.83. The lowest BCUT2D eigenvalue weighted by Crippen LogP contribution is -2.19. The van der Waals surface area contributed by atoms with Gasteiger partial charge in [-0.2, -0.15) is 5.10 Å². The standard InChI is InChI=1S/C15H23N5O/c1-4-5-20-11-14(10-19-20)21-15-17-8-13(9-18-15)7-16-6-12(2)3/h8-12,16H,4-7H2,1-3H3. The molecule has 0 saturated heterocycles. The Bertz CT molecular complexity index is 535. The van der Waals surface area contributed by atoms with Gasteiger partial charge in [-0.1, -0.05) is 20.8 Å². The first-order chi connectivity index (χ1) is 10.2. The summed E-state index contributed by atoms with van der Waals surface area (Å²) in [5, 5.41) is 7.56. The van der Waals surface area contributed by atoms with Crippen molar-refractivity contribution in [3.63, 3.8) is 0 Å². The number of nitrogens with one attached hydrogen (secondary N) is 1. The van der Waals surface area contributed by atoms with Crippen LogP contribution in [0.5, 0.6) is 11.8 Å². The second-order valence-electron chi connectivity index (χ2n) is 5.44. The van der Waals surface area contributed by atoms with Gasteiger partial charge in [0.15, 0.2) is 5.75 Å². The summed E-state index contributed by atoms with van der Waals surface area (Å²) in [5.41, 5.74) is 1.05. The van der Waals surface area contributed by atoms with Gasteiger partial charge >= 0.3 is 6.01 Å². The Morgan fingerprint density at radius 2 is 2.00 bits per heavy atom. The number of hydrogen-bond acceptors (Lipinski definition) is 5. The van der Waals surface area contributed by atoms with Crippen molar-refractivity contribution in [2.45, 2.75) is 40.3 Å². The van der Waals surface area contributed by atoms with Crippen LogP contribution in [0.2, 0.25) is 0 Å². The van der Waals surface area contributed by atoms with E-state index in [4.69, 9.17) is 4.74 Å². The van der Waals surface area contributed by atoms with E-state index < -0.39 is 0 Å². The summed E-state index contributed by atoms with van der Waals surface area (Å²) in [4.78, 5) is 8.43. The van der Waals surface area contributed by atoms with Crippen molar-refractivity contribution in [3.05, 3.63) is 30.4 Å². The molecule has 1 N–H and O–H groups in total. The minimum absolute atomic E-state index is 0.346. The largest absolute Gasteiger partial charge is 0.421 e. The number of rotatable bonds is 8. The maximum atomic E-state index is 5.58. The fourth-order valence-electron chi connectivity index (χ4n) is 1.85. The van der Waals surface area contributed by atoms with Crippen LogP contribution in [-0.4, -0.2) is 26.3 Å². The molecule has 0 aromatic carbocycles. The summed E-state index contributed by atoms with van der Waals surface area (Å²) in [6.07, 6.45) is 8.13. The lowest BCUT2D eigenvalue weighted by Gasteiger charge is -2.07. The first kappa shape index (κ1) is 15.4. The second kappa shape index (κ2) is 7.73. The molecule has 0 fully saturated rings. The molecule has 0 bridgehead atoms. The third kappa shape index (κ3) is 5.15. The van der Waals surface area contributed by atoms with Crippen LogP contribution in [0, 0.1) is 5.92 Å². The van der Waals surface area contributed by atoms with Crippen LogP contribution < -0.4 is 10.1 Å². The van der Waals surface area contributed by atoms with E-state index in [0.717, 1.165) is 31.6 Å². The van der Waals surface area contributed by atoms with Crippen LogP contribution in [0.15, 0.2) is 24.8 Å². The van der Waals surface area contributed by atoms with Crippen molar-refractivity contribution in [2.24, 2.45) is 5.92 Å². The fourth-order valence-corrected chi connectivity index (χ4v) is 1.85. The smallest absolute Gasteiger partial charge is 0.321 e. The Hall–Kier alpha value is -1.95. The van der Waals surface area contributed by atoms with E-state index in [0.29, 0.717) is 17.7 Å². The molecule has 21 heavy (non-hydrogen) atoms. The van der Waals surface area contributed by atoms with Crippen LogP contribution in [0.1, 0.15) is 32.8 Å². The Morgan fingerprint density at radius 1 is 1.24 bits per heavy atom. The summed E-state index contributed by atoms with van der Waals surface area (Å²) in [7, 11) is 0. The number of hydrogen-bond donors (Lipinski definition) is 1. The van der Waals surface area contributed by atoms with Gasteiger partial charge in [-0.15, -0.1) is 0 Å². The third-order valence-electron chi connectivity index (χ3n) is 2.83. The van der Waals surface area contributed by atoms with Crippen LogP contribution >= 0.6 is 0 Å². The van der Waals surface area contributed by atoms with Crippen LogP contribution in [0.3, 0.4) is 0 Å². The summed E-state index contributed by atoms with van der Waals surface area (Å²) in [6.45, 7) is 9.10. The van der Waals surface area contributed by atoms with Gasteiger partial charge in [0.05, 0.1) is 12.4 Å². The highest BCUT2D eigenvalue weighted by Gasteiger charge is 2.04. The molecular formula is C15H23N5O. The molecule has 6 nitrogen and oxygen atoms in total. The van der Waals surface area contributed by atoms with Crippen molar-refractivity contribution in [3.8, 4) is 11.8 Å². The summed E-state index contributed by atoms with van der Waals surface area (Å²) in [5.74, 6) is 1.29. The maximum absolute atomic E-state index is 5.58. The van der Waals surface area contributed by atoms with E-state index in [-0.39, 0.29) is 0 Å². The molecule has 2 rings (SSSR count). The predicted molar refractivity (Wildman–Crippen MR) is 81.2 cm³/mol. The molecule has 0 aliphatic heterocycles. The Balaban J connectivity index is 1.86. The average molecular weight is 289 g/mol. The molecule has 0 saturated carbocycles. The van der Waals surface area contributed by atoms with Crippen LogP contribution in [0.4, 0.5) is 0 Å². The zero-order chi connectivity index (χ0) is 15.1. The molecule has 0 unspecified atom stereocenters. The van der Waals surface area contributed by atoms with Crippen LogP contribution in [-0.2, 0) is 13.1 Å². The molecule has 6 heteroatoms. The molecule has 2 aromatic heterocycles. The predicted octanol–water partition coefficient (Wildman–Crippen LogP) is 2.62. The zero-order valence-electron chi connectivity index (χ0n) is 12.9. The molecule has 2 heterocycles. The van der Waals surface area contributed by atoms with Crippen molar-refractivity contribution in [1.29, 1.82) is 0 Å².